The Labute approximate surface area is 138 Å². The molecule has 1 saturated carbocycles. The van der Waals surface area contributed by atoms with E-state index in [0.717, 1.165) is 29.9 Å². The standard InChI is InChI=1S/C17H30N4S/c1-5-14-7-6-8-15(11-14)21-17(18-4)19-10-9-16-12(2)20-13(3)22-16/h14-15H,5-11H2,1-4H3,(H2,18,19,21). The highest BCUT2D eigenvalue weighted by molar-refractivity contribution is 7.11. The Hall–Kier alpha value is -1.10. The van der Waals surface area contributed by atoms with Crippen molar-refractivity contribution in [1.82, 2.24) is 15.6 Å². The molecular formula is C17H30N4S. The number of aliphatic imine (C=N–C) groups is 1. The van der Waals surface area contributed by atoms with E-state index in [-0.39, 0.29) is 0 Å². The molecule has 0 radical (unpaired) electrons. The quantitative estimate of drug-likeness (QED) is 0.645. The van der Waals surface area contributed by atoms with Crippen LogP contribution in [-0.2, 0) is 6.42 Å². The minimum absolute atomic E-state index is 0.581. The highest BCUT2D eigenvalue weighted by Crippen LogP contribution is 2.26. The molecule has 0 amide bonds. The zero-order valence-electron chi connectivity index (χ0n) is 14.4. The molecule has 1 aromatic rings. The number of nitrogens with zero attached hydrogens (tertiary/aromatic N) is 2. The predicted molar refractivity (Wildman–Crippen MR) is 95.8 cm³/mol. The molecule has 0 bridgehead atoms. The molecule has 1 aliphatic carbocycles. The van der Waals surface area contributed by atoms with Gasteiger partial charge in [-0.3, -0.25) is 4.99 Å². The van der Waals surface area contributed by atoms with Crippen LogP contribution < -0.4 is 10.6 Å². The summed E-state index contributed by atoms with van der Waals surface area (Å²) in [6, 6.07) is 0.581. The van der Waals surface area contributed by atoms with E-state index in [9.17, 15) is 0 Å². The van der Waals surface area contributed by atoms with Crippen LogP contribution in [0.2, 0.25) is 0 Å². The van der Waals surface area contributed by atoms with Gasteiger partial charge >= 0.3 is 0 Å². The lowest BCUT2D eigenvalue weighted by atomic mass is 9.84. The van der Waals surface area contributed by atoms with Crippen molar-refractivity contribution in [1.29, 1.82) is 0 Å². The molecule has 0 aromatic carbocycles. The monoisotopic (exact) mass is 322 g/mol. The summed E-state index contributed by atoms with van der Waals surface area (Å²) in [6.07, 6.45) is 7.60. The Bertz CT molecular complexity index is 495. The number of aryl methyl sites for hydroxylation is 2. The van der Waals surface area contributed by atoms with E-state index in [4.69, 9.17) is 0 Å². The predicted octanol–water partition coefficient (Wildman–Crippen LogP) is 3.44. The van der Waals surface area contributed by atoms with Gasteiger partial charge in [-0.2, -0.15) is 0 Å². The Morgan fingerprint density at radius 3 is 2.82 bits per heavy atom. The van der Waals surface area contributed by atoms with Gasteiger partial charge in [0.1, 0.15) is 0 Å². The number of guanidine groups is 1. The Morgan fingerprint density at radius 2 is 2.18 bits per heavy atom. The first kappa shape index (κ1) is 17.3. The number of hydrogen-bond donors (Lipinski definition) is 2. The maximum atomic E-state index is 4.49. The molecule has 22 heavy (non-hydrogen) atoms. The normalized spacial score (nSPS) is 22.6. The lowest BCUT2D eigenvalue weighted by Gasteiger charge is -2.30. The minimum Gasteiger partial charge on any atom is -0.356 e. The van der Waals surface area contributed by atoms with Crippen LogP contribution in [0.1, 0.15) is 54.6 Å². The summed E-state index contributed by atoms with van der Waals surface area (Å²) in [4.78, 5) is 10.2. The molecular weight excluding hydrogens is 292 g/mol. The van der Waals surface area contributed by atoms with Crippen molar-refractivity contribution in [2.24, 2.45) is 10.9 Å². The van der Waals surface area contributed by atoms with Gasteiger partial charge < -0.3 is 10.6 Å². The summed E-state index contributed by atoms with van der Waals surface area (Å²) < 4.78 is 0. The molecule has 0 saturated heterocycles. The molecule has 2 N–H and O–H groups in total. The number of aromatic nitrogens is 1. The first-order chi connectivity index (χ1) is 10.6. The SMILES string of the molecule is CCC1CCCC(NC(=NC)NCCc2sc(C)nc2C)C1. The molecule has 1 heterocycles. The van der Waals surface area contributed by atoms with Crippen LogP contribution in [0.4, 0.5) is 0 Å². The number of hydrogen-bond acceptors (Lipinski definition) is 3. The molecule has 1 aromatic heterocycles. The van der Waals surface area contributed by atoms with Gasteiger partial charge in [-0.15, -0.1) is 11.3 Å². The lowest BCUT2D eigenvalue weighted by Crippen LogP contribution is -2.45. The van der Waals surface area contributed by atoms with Crippen LogP contribution in [0.3, 0.4) is 0 Å². The van der Waals surface area contributed by atoms with E-state index in [2.05, 4.69) is 41.4 Å². The summed E-state index contributed by atoms with van der Waals surface area (Å²) in [5.74, 6) is 1.83. The van der Waals surface area contributed by atoms with Crippen LogP contribution >= 0.6 is 11.3 Å². The second-order valence-electron chi connectivity index (χ2n) is 6.27. The van der Waals surface area contributed by atoms with Gasteiger partial charge in [0, 0.05) is 30.9 Å². The maximum absolute atomic E-state index is 4.49. The van der Waals surface area contributed by atoms with Crippen LogP contribution in [0.15, 0.2) is 4.99 Å². The van der Waals surface area contributed by atoms with E-state index >= 15 is 0 Å². The molecule has 1 fully saturated rings. The zero-order valence-corrected chi connectivity index (χ0v) is 15.2. The second-order valence-corrected chi connectivity index (χ2v) is 7.56. The third-order valence-corrected chi connectivity index (χ3v) is 5.70. The Morgan fingerprint density at radius 1 is 1.36 bits per heavy atom. The summed E-state index contributed by atoms with van der Waals surface area (Å²) in [6.45, 7) is 7.38. The smallest absolute Gasteiger partial charge is 0.191 e. The van der Waals surface area contributed by atoms with Crippen LogP contribution in [0.25, 0.3) is 0 Å². The summed E-state index contributed by atoms with van der Waals surface area (Å²) in [5.41, 5.74) is 1.17. The van der Waals surface area contributed by atoms with Crippen LogP contribution in [0.5, 0.6) is 0 Å². The number of thiazole rings is 1. The van der Waals surface area contributed by atoms with Crippen molar-refractivity contribution < 1.29 is 0 Å². The van der Waals surface area contributed by atoms with Crippen LogP contribution in [-0.4, -0.2) is 30.6 Å². The van der Waals surface area contributed by atoms with Crippen molar-refractivity contribution in [2.75, 3.05) is 13.6 Å². The fourth-order valence-corrected chi connectivity index (χ4v) is 4.22. The van der Waals surface area contributed by atoms with Gasteiger partial charge in [0.15, 0.2) is 5.96 Å². The average Bonchev–Trinajstić information content (AvgIpc) is 2.84. The molecule has 1 aliphatic rings. The highest BCUT2D eigenvalue weighted by Gasteiger charge is 2.21. The molecule has 124 valence electrons. The fourth-order valence-electron chi connectivity index (χ4n) is 3.28. The van der Waals surface area contributed by atoms with Crippen molar-refractivity contribution >= 4 is 17.3 Å². The lowest BCUT2D eigenvalue weighted by molar-refractivity contribution is 0.298. The summed E-state index contributed by atoms with van der Waals surface area (Å²) in [5, 5.41) is 8.21. The number of rotatable bonds is 5. The van der Waals surface area contributed by atoms with Crippen molar-refractivity contribution in [3.63, 3.8) is 0 Å². The van der Waals surface area contributed by atoms with Crippen molar-refractivity contribution in [3.05, 3.63) is 15.6 Å². The van der Waals surface area contributed by atoms with Gasteiger partial charge in [-0.05, 0) is 32.6 Å². The van der Waals surface area contributed by atoms with Crippen molar-refractivity contribution in [2.45, 2.75) is 65.3 Å². The second kappa shape index (κ2) is 8.51. The molecule has 2 unspecified atom stereocenters. The van der Waals surface area contributed by atoms with E-state index < -0.39 is 0 Å². The molecule has 4 nitrogen and oxygen atoms in total. The Kier molecular flexibility index (Phi) is 6.68. The summed E-state index contributed by atoms with van der Waals surface area (Å²) >= 11 is 1.80. The molecule has 0 aliphatic heterocycles. The first-order valence-corrected chi connectivity index (χ1v) is 9.34. The third-order valence-electron chi connectivity index (χ3n) is 4.57. The largest absolute Gasteiger partial charge is 0.356 e. The first-order valence-electron chi connectivity index (χ1n) is 8.52. The highest BCUT2D eigenvalue weighted by atomic mass is 32.1. The van der Waals surface area contributed by atoms with Gasteiger partial charge in [0.05, 0.1) is 10.7 Å². The maximum Gasteiger partial charge on any atom is 0.191 e. The van der Waals surface area contributed by atoms with Gasteiger partial charge in [0.2, 0.25) is 0 Å². The zero-order chi connectivity index (χ0) is 15.9. The fraction of sp³-hybridized carbons (Fsp3) is 0.765. The van der Waals surface area contributed by atoms with E-state index in [1.54, 1.807) is 11.3 Å². The van der Waals surface area contributed by atoms with Crippen molar-refractivity contribution in [3.8, 4) is 0 Å². The molecule has 0 spiro atoms. The molecule has 2 rings (SSSR count). The molecule has 5 heteroatoms. The summed E-state index contributed by atoms with van der Waals surface area (Å²) in [7, 11) is 1.86. The van der Waals surface area contributed by atoms with Gasteiger partial charge in [-0.25, -0.2) is 4.98 Å². The van der Waals surface area contributed by atoms with E-state index in [1.807, 2.05) is 7.05 Å². The Balaban J connectivity index is 1.76. The third kappa shape index (κ3) is 4.97. The van der Waals surface area contributed by atoms with Gasteiger partial charge in [-0.1, -0.05) is 26.2 Å². The minimum atomic E-state index is 0.581. The molecule has 2 atom stereocenters. The average molecular weight is 323 g/mol. The van der Waals surface area contributed by atoms with Gasteiger partial charge in [0.25, 0.3) is 0 Å². The van der Waals surface area contributed by atoms with E-state index in [1.165, 1.54) is 42.7 Å². The topological polar surface area (TPSA) is 49.3 Å². The van der Waals surface area contributed by atoms with E-state index in [0.29, 0.717) is 6.04 Å². The number of nitrogens with one attached hydrogen (secondary N) is 2. The van der Waals surface area contributed by atoms with Crippen LogP contribution in [0, 0.1) is 19.8 Å².